The van der Waals surface area contributed by atoms with Gasteiger partial charge in [0.25, 0.3) is 0 Å². The largest absolute Gasteiger partial charge is 0.481 e. The van der Waals surface area contributed by atoms with E-state index < -0.39 is 0 Å². The molecular weight excluding hydrogens is 391 g/mol. The Morgan fingerprint density at radius 3 is 2.45 bits per heavy atom. The summed E-state index contributed by atoms with van der Waals surface area (Å²) in [7, 11) is 3.45. The number of ether oxygens (including phenoxy) is 1. The van der Waals surface area contributed by atoms with Crippen molar-refractivity contribution in [3.8, 4) is 5.88 Å². The van der Waals surface area contributed by atoms with Gasteiger partial charge in [0.15, 0.2) is 5.96 Å². The van der Waals surface area contributed by atoms with Gasteiger partial charge in [0, 0.05) is 43.4 Å². The number of hydrogen-bond donors (Lipinski definition) is 1. The summed E-state index contributed by atoms with van der Waals surface area (Å²) < 4.78 is 5.07. The number of hydrogen-bond acceptors (Lipinski definition) is 3. The van der Waals surface area contributed by atoms with Crippen molar-refractivity contribution in [1.29, 1.82) is 0 Å². The van der Waals surface area contributed by atoms with Crippen LogP contribution in [0.4, 0.5) is 0 Å². The maximum absolute atomic E-state index is 5.07. The van der Waals surface area contributed by atoms with Gasteiger partial charge in [-0.3, -0.25) is 4.99 Å². The first-order valence-corrected chi connectivity index (χ1v) is 7.29. The molecule has 6 heteroatoms. The van der Waals surface area contributed by atoms with Crippen molar-refractivity contribution in [3.05, 3.63) is 23.9 Å². The minimum absolute atomic E-state index is 0. The molecule has 1 aromatic rings. The second-order valence-corrected chi connectivity index (χ2v) is 6.64. The van der Waals surface area contributed by atoms with Crippen molar-refractivity contribution in [2.75, 3.05) is 20.7 Å². The molecule has 1 N–H and O–H groups in total. The Bertz CT molecular complexity index is 525. The molecule has 1 saturated heterocycles. The van der Waals surface area contributed by atoms with Gasteiger partial charge in [-0.05, 0) is 19.4 Å². The summed E-state index contributed by atoms with van der Waals surface area (Å²) in [4.78, 5) is 10.9. The standard InChI is InChI=1S/C16H26N4O.HI/c1-15(2)11-20(16(15,3)4)14(17-5)19-10-12-7-8-13(21-6)18-9-12;/h7-9H,10-11H2,1-6H3,(H,17,19);1H. The van der Waals surface area contributed by atoms with E-state index in [1.165, 1.54) is 0 Å². The van der Waals surface area contributed by atoms with E-state index in [4.69, 9.17) is 4.74 Å². The number of aromatic nitrogens is 1. The van der Waals surface area contributed by atoms with E-state index in [1.807, 2.05) is 25.4 Å². The molecule has 1 aliphatic rings. The van der Waals surface area contributed by atoms with Crippen LogP contribution in [0, 0.1) is 5.41 Å². The van der Waals surface area contributed by atoms with Crippen LogP contribution in [0.5, 0.6) is 5.88 Å². The average molecular weight is 418 g/mol. The van der Waals surface area contributed by atoms with Crippen molar-refractivity contribution < 1.29 is 4.74 Å². The third-order valence-corrected chi connectivity index (χ3v) is 4.81. The average Bonchev–Trinajstić information content (AvgIpc) is 2.47. The number of aliphatic imine (C=N–C) groups is 1. The van der Waals surface area contributed by atoms with Crippen LogP contribution in [0.1, 0.15) is 33.3 Å². The minimum Gasteiger partial charge on any atom is -0.481 e. The number of pyridine rings is 1. The quantitative estimate of drug-likeness (QED) is 0.466. The van der Waals surface area contributed by atoms with E-state index in [2.05, 4.69) is 47.9 Å². The lowest BCUT2D eigenvalue weighted by atomic mass is 9.65. The zero-order valence-corrected chi connectivity index (χ0v) is 16.6. The number of nitrogens with zero attached hydrogens (tertiary/aromatic N) is 3. The fourth-order valence-electron chi connectivity index (χ4n) is 2.51. The number of nitrogens with one attached hydrogen (secondary N) is 1. The predicted molar refractivity (Wildman–Crippen MR) is 101 cm³/mol. The van der Waals surface area contributed by atoms with E-state index in [-0.39, 0.29) is 29.5 Å². The highest BCUT2D eigenvalue weighted by Gasteiger charge is 2.53. The molecule has 0 unspecified atom stereocenters. The van der Waals surface area contributed by atoms with Crippen LogP contribution >= 0.6 is 24.0 Å². The van der Waals surface area contributed by atoms with E-state index in [1.54, 1.807) is 7.11 Å². The Kier molecular flexibility index (Phi) is 6.06. The van der Waals surface area contributed by atoms with Crippen LogP contribution in [0.15, 0.2) is 23.3 Å². The van der Waals surface area contributed by atoms with Crippen molar-refractivity contribution in [2.24, 2.45) is 10.4 Å². The molecule has 0 aromatic carbocycles. The summed E-state index contributed by atoms with van der Waals surface area (Å²) in [5.41, 5.74) is 1.51. The summed E-state index contributed by atoms with van der Waals surface area (Å²) >= 11 is 0. The van der Waals surface area contributed by atoms with Crippen molar-refractivity contribution >= 4 is 29.9 Å². The fraction of sp³-hybridized carbons (Fsp3) is 0.625. The minimum atomic E-state index is 0. The monoisotopic (exact) mass is 418 g/mol. The highest BCUT2D eigenvalue weighted by molar-refractivity contribution is 14.0. The van der Waals surface area contributed by atoms with E-state index in [0.29, 0.717) is 17.8 Å². The maximum atomic E-state index is 5.07. The number of halogens is 1. The topological polar surface area (TPSA) is 49.8 Å². The molecule has 0 aliphatic carbocycles. The molecule has 0 amide bonds. The number of likely N-dealkylation sites (tertiary alicyclic amines) is 1. The van der Waals surface area contributed by atoms with Crippen molar-refractivity contribution in [3.63, 3.8) is 0 Å². The Morgan fingerprint density at radius 1 is 1.36 bits per heavy atom. The summed E-state index contributed by atoms with van der Waals surface area (Å²) in [6, 6.07) is 3.88. The Hall–Kier alpha value is -1.05. The molecule has 5 nitrogen and oxygen atoms in total. The molecule has 2 rings (SSSR count). The van der Waals surface area contributed by atoms with E-state index in [0.717, 1.165) is 18.1 Å². The third kappa shape index (κ3) is 3.47. The zero-order chi connectivity index (χ0) is 15.7. The van der Waals surface area contributed by atoms with Crippen LogP contribution in [0.2, 0.25) is 0 Å². The SMILES string of the molecule is CN=C(NCc1ccc(OC)nc1)N1CC(C)(C)C1(C)C.I. The van der Waals surface area contributed by atoms with E-state index in [9.17, 15) is 0 Å². The van der Waals surface area contributed by atoms with Crippen LogP contribution in [-0.2, 0) is 6.54 Å². The Morgan fingerprint density at radius 2 is 2.05 bits per heavy atom. The van der Waals surface area contributed by atoms with Gasteiger partial charge in [-0.15, -0.1) is 24.0 Å². The second kappa shape index (κ2) is 7.02. The summed E-state index contributed by atoms with van der Waals surface area (Å²) in [6.45, 7) is 10.8. The van der Waals surface area contributed by atoms with Gasteiger partial charge < -0.3 is 15.0 Å². The summed E-state index contributed by atoms with van der Waals surface area (Å²) in [5.74, 6) is 1.57. The molecular formula is C16H27IN4O. The predicted octanol–water partition coefficient (Wildman–Crippen LogP) is 2.90. The summed E-state index contributed by atoms with van der Waals surface area (Å²) in [5, 5.41) is 3.41. The van der Waals surface area contributed by atoms with Gasteiger partial charge in [-0.25, -0.2) is 4.98 Å². The zero-order valence-electron chi connectivity index (χ0n) is 14.3. The summed E-state index contributed by atoms with van der Waals surface area (Å²) in [6.07, 6.45) is 1.82. The van der Waals surface area contributed by atoms with Crippen LogP contribution < -0.4 is 10.1 Å². The van der Waals surface area contributed by atoms with Crippen LogP contribution in [-0.4, -0.2) is 42.1 Å². The van der Waals surface area contributed by atoms with Gasteiger partial charge in [0.1, 0.15) is 0 Å². The molecule has 0 radical (unpaired) electrons. The van der Waals surface area contributed by atoms with Crippen LogP contribution in [0.25, 0.3) is 0 Å². The smallest absolute Gasteiger partial charge is 0.212 e. The molecule has 1 aromatic heterocycles. The highest BCUT2D eigenvalue weighted by Crippen LogP contribution is 2.46. The number of methoxy groups -OCH3 is 1. The van der Waals surface area contributed by atoms with Crippen LogP contribution in [0.3, 0.4) is 0 Å². The van der Waals surface area contributed by atoms with Crippen molar-refractivity contribution in [2.45, 2.75) is 39.8 Å². The van der Waals surface area contributed by atoms with Gasteiger partial charge in [-0.1, -0.05) is 19.9 Å². The maximum Gasteiger partial charge on any atom is 0.212 e. The number of rotatable bonds is 3. The normalized spacial score (nSPS) is 19.0. The molecule has 2 heterocycles. The van der Waals surface area contributed by atoms with E-state index >= 15 is 0 Å². The molecule has 22 heavy (non-hydrogen) atoms. The van der Waals surface area contributed by atoms with Gasteiger partial charge in [-0.2, -0.15) is 0 Å². The molecule has 1 fully saturated rings. The first-order chi connectivity index (χ1) is 9.81. The first-order valence-electron chi connectivity index (χ1n) is 7.29. The highest BCUT2D eigenvalue weighted by atomic mass is 127. The van der Waals surface area contributed by atoms with Gasteiger partial charge in [0.05, 0.1) is 7.11 Å². The Labute approximate surface area is 150 Å². The van der Waals surface area contributed by atoms with Gasteiger partial charge >= 0.3 is 0 Å². The molecule has 124 valence electrons. The van der Waals surface area contributed by atoms with Crippen molar-refractivity contribution in [1.82, 2.24) is 15.2 Å². The molecule has 0 atom stereocenters. The third-order valence-electron chi connectivity index (χ3n) is 4.81. The fourth-order valence-corrected chi connectivity index (χ4v) is 2.51. The number of guanidine groups is 1. The lowest BCUT2D eigenvalue weighted by Gasteiger charge is -2.62. The lowest BCUT2D eigenvalue weighted by molar-refractivity contribution is -0.0667. The molecule has 0 bridgehead atoms. The molecule has 0 saturated carbocycles. The second-order valence-electron chi connectivity index (χ2n) is 6.64. The van der Waals surface area contributed by atoms with Gasteiger partial charge in [0.2, 0.25) is 5.88 Å². The lowest BCUT2D eigenvalue weighted by Crippen LogP contribution is -2.72. The molecule has 0 spiro atoms. The Balaban J connectivity index is 0.00000242. The molecule has 1 aliphatic heterocycles. The first kappa shape index (κ1) is 19.0.